The molecule has 1 aromatic carbocycles. The molecule has 2 heterocycles. The second kappa shape index (κ2) is 6.29. The number of anilines is 1. The third-order valence-corrected chi connectivity index (χ3v) is 3.76. The molecule has 0 aliphatic carbocycles. The van der Waals surface area contributed by atoms with Crippen LogP contribution in [0.25, 0.3) is 6.08 Å². The molecule has 1 saturated heterocycles. The molecule has 8 nitrogen and oxygen atoms in total. The number of nitrogens with zero attached hydrogens (tertiary/aromatic N) is 2. The van der Waals surface area contributed by atoms with Crippen LogP contribution in [0.15, 0.2) is 46.4 Å². The predicted molar refractivity (Wildman–Crippen MR) is 92.7 cm³/mol. The average molecular weight is 357 g/mol. The van der Waals surface area contributed by atoms with Crippen LogP contribution in [-0.2, 0) is 9.59 Å². The summed E-state index contributed by atoms with van der Waals surface area (Å²) in [6, 6.07) is 9.45. The minimum absolute atomic E-state index is 0.0156. The lowest BCUT2D eigenvalue weighted by Gasteiger charge is -2.28. The van der Waals surface area contributed by atoms with Gasteiger partial charge in [0.2, 0.25) is 0 Å². The Kier molecular flexibility index (Phi) is 4.15. The predicted octanol–water partition coefficient (Wildman–Crippen LogP) is 2.33. The van der Waals surface area contributed by atoms with E-state index in [2.05, 4.69) is 5.32 Å². The number of nitro groups is 1. The first-order chi connectivity index (χ1) is 11.9. The van der Waals surface area contributed by atoms with Crippen LogP contribution in [0.2, 0.25) is 0 Å². The zero-order valence-corrected chi connectivity index (χ0v) is 13.7. The van der Waals surface area contributed by atoms with Crippen LogP contribution in [0.4, 0.5) is 11.6 Å². The zero-order chi connectivity index (χ0) is 18.1. The second-order valence-corrected chi connectivity index (χ2v) is 5.61. The van der Waals surface area contributed by atoms with E-state index in [0.717, 1.165) is 17.7 Å². The van der Waals surface area contributed by atoms with Crippen molar-refractivity contribution < 1.29 is 18.9 Å². The van der Waals surface area contributed by atoms with Crippen molar-refractivity contribution in [2.75, 3.05) is 4.90 Å². The summed E-state index contributed by atoms with van der Waals surface area (Å²) in [4.78, 5) is 35.9. The smallest absolute Gasteiger partial charge is 0.401 e. The van der Waals surface area contributed by atoms with Crippen molar-refractivity contribution in [1.82, 2.24) is 5.32 Å². The number of carbonyl (C=O) groups excluding carboxylic acids is 2. The highest BCUT2D eigenvalue weighted by Gasteiger charge is 2.34. The number of hydrogen-bond donors (Lipinski definition) is 1. The highest BCUT2D eigenvalue weighted by atomic mass is 32.1. The van der Waals surface area contributed by atoms with Gasteiger partial charge in [-0.2, -0.15) is 0 Å². The molecule has 0 spiro atoms. The van der Waals surface area contributed by atoms with Crippen molar-refractivity contribution in [1.29, 1.82) is 0 Å². The average Bonchev–Trinajstić information content (AvgIpc) is 3.02. The van der Waals surface area contributed by atoms with Gasteiger partial charge in [0.25, 0.3) is 11.8 Å². The Labute approximate surface area is 146 Å². The first kappa shape index (κ1) is 16.5. The number of carbonyl (C=O) groups is 2. The van der Waals surface area contributed by atoms with Crippen molar-refractivity contribution in [3.8, 4) is 0 Å². The Morgan fingerprint density at radius 1 is 1.20 bits per heavy atom. The summed E-state index contributed by atoms with van der Waals surface area (Å²) in [7, 11) is 0. The van der Waals surface area contributed by atoms with Gasteiger partial charge in [-0.1, -0.05) is 17.7 Å². The van der Waals surface area contributed by atoms with E-state index >= 15 is 0 Å². The van der Waals surface area contributed by atoms with Gasteiger partial charge in [0.15, 0.2) is 5.11 Å². The zero-order valence-electron chi connectivity index (χ0n) is 12.9. The lowest BCUT2D eigenvalue weighted by molar-refractivity contribution is -0.402. The van der Waals surface area contributed by atoms with Crippen molar-refractivity contribution in [3.05, 3.63) is 63.4 Å². The van der Waals surface area contributed by atoms with Crippen LogP contribution < -0.4 is 10.2 Å². The number of thiocarbonyl (C=S) groups is 1. The molecular weight excluding hydrogens is 346 g/mol. The van der Waals surface area contributed by atoms with E-state index in [9.17, 15) is 19.7 Å². The molecule has 3 rings (SSSR count). The number of rotatable bonds is 3. The highest BCUT2D eigenvalue weighted by Crippen LogP contribution is 2.24. The molecule has 2 amide bonds. The lowest BCUT2D eigenvalue weighted by atomic mass is 10.1. The van der Waals surface area contributed by atoms with Gasteiger partial charge in [-0.05, 0) is 43.4 Å². The SMILES string of the molecule is Cc1ccc(N2C(=O)/C(=C\c3ccc([N+](=O)[O-])o3)C(=O)NC2=S)cc1. The number of aryl methyl sites for hydroxylation is 1. The van der Waals surface area contributed by atoms with Gasteiger partial charge in [-0.15, -0.1) is 0 Å². The quantitative estimate of drug-likeness (QED) is 0.297. The molecular formula is C16H11N3O5S. The van der Waals surface area contributed by atoms with Crippen molar-refractivity contribution in [2.45, 2.75) is 6.92 Å². The molecule has 1 fully saturated rings. The summed E-state index contributed by atoms with van der Waals surface area (Å²) in [6.45, 7) is 1.90. The molecule has 9 heteroatoms. The Morgan fingerprint density at radius 3 is 2.48 bits per heavy atom. The normalized spacial score (nSPS) is 16.3. The van der Waals surface area contributed by atoms with Gasteiger partial charge < -0.3 is 4.42 Å². The second-order valence-electron chi connectivity index (χ2n) is 5.23. The number of amides is 2. The largest absolute Gasteiger partial charge is 0.433 e. The third-order valence-electron chi connectivity index (χ3n) is 3.47. The Balaban J connectivity index is 1.98. The van der Waals surface area contributed by atoms with E-state index in [4.69, 9.17) is 16.6 Å². The van der Waals surface area contributed by atoms with Crippen LogP contribution in [-0.4, -0.2) is 21.9 Å². The summed E-state index contributed by atoms with van der Waals surface area (Å²) in [6.07, 6.45) is 1.15. The molecule has 1 aliphatic heterocycles. The number of benzene rings is 1. The Hall–Kier alpha value is -3.33. The topological polar surface area (TPSA) is 106 Å². The molecule has 0 saturated carbocycles. The van der Waals surface area contributed by atoms with Crippen LogP contribution in [0.1, 0.15) is 11.3 Å². The van der Waals surface area contributed by atoms with Gasteiger partial charge in [-0.25, -0.2) is 0 Å². The van der Waals surface area contributed by atoms with Crippen LogP contribution >= 0.6 is 12.2 Å². The summed E-state index contributed by atoms with van der Waals surface area (Å²) in [5.41, 5.74) is 1.26. The molecule has 0 unspecified atom stereocenters. The number of nitrogens with one attached hydrogen (secondary N) is 1. The molecule has 1 N–H and O–H groups in total. The number of hydrogen-bond acceptors (Lipinski definition) is 6. The molecule has 1 aromatic heterocycles. The fraction of sp³-hybridized carbons (Fsp3) is 0.0625. The fourth-order valence-electron chi connectivity index (χ4n) is 2.25. The fourth-order valence-corrected chi connectivity index (χ4v) is 2.53. The van der Waals surface area contributed by atoms with Crippen molar-refractivity contribution in [2.24, 2.45) is 0 Å². The molecule has 25 heavy (non-hydrogen) atoms. The van der Waals surface area contributed by atoms with Gasteiger partial charge in [-0.3, -0.25) is 29.9 Å². The minimum Gasteiger partial charge on any atom is -0.401 e. The molecule has 2 aromatic rings. The van der Waals surface area contributed by atoms with Crippen LogP contribution in [0, 0.1) is 17.0 Å². The number of furan rings is 1. The summed E-state index contributed by atoms with van der Waals surface area (Å²) in [5, 5.41) is 13.0. The Morgan fingerprint density at radius 2 is 1.88 bits per heavy atom. The maximum atomic E-state index is 12.7. The highest BCUT2D eigenvalue weighted by molar-refractivity contribution is 7.80. The molecule has 0 atom stereocenters. The van der Waals surface area contributed by atoms with E-state index in [-0.39, 0.29) is 16.4 Å². The maximum Gasteiger partial charge on any atom is 0.433 e. The Bertz CT molecular complexity index is 930. The molecule has 126 valence electrons. The van der Waals surface area contributed by atoms with Gasteiger partial charge in [0.1, 0.15) is 16.3 Å². The first-order valence-electron chi connectivity index (χ1n) is 7.09. The summed E-state index contributed by atoms with van der Waals surface area (Å²) in [5.74, 6) is -1.81. The van der Waals surface area contributed by atoms with Crippen LogP contribution in [0.3, 0.4) is 0 Å². The maximum absolute atomic E-state index is 12.7. The molecule has 0 bridgehead atoms. The summed E-state index contributed by atoms with van der Waals surface area (Å²) < 4.78 is 4.97. The van der Waals surface area contributed by atoms with E-state index in [1.165, 1.54) is 11.0 Å². The minimum atomic E-state index is -0.710. The van der Waals surface area contributed by atoms with E-state index in [1.54, 1.807) is 24.3 Å². The lowest BCUT2D eigenvalue weighted by Crippen LogP contribution is -2.54. The third kappa shape index (κ3) is 3.17. The first-order valence-corrected chi connectivity index (χ1v) is 7.50. The monoisotopic (exact) mass is 357 g/mol. The van der Waals surface area contributed by atoms with Crippen molar-refractivity contribution >= 4 is 46.8 Å². The van der Waals surface area contributed by atoms with E-state index in [0.29, 0.717) is 5.69 Å². The molecule has 0 radical (unpaired) electrons. The van der Waals surface area contributed by atoms with E-state index in [1.807, 2.05) is 6.92 Å². The standard InChI is InChI=1S/C16H11N3O5S/c1-9-2-4-10(5-3-9)18-15(21)12(14(20)17-16(18)25)8-11-6-7-13(24-11)19(22)23/h2-8H,1H3,(H,17,20,25)/b12-8-. The van der Waals surface area contributed by atoms with Crippen molar-refractivity contribution in [3.63, 3.8) is 0 Å². The van der Waals surface area contributed by atoms with Gasteiger partial charge in [0, 0.05) is 0 Å². The van der Waals surface area contributed by atoms with Gasteiger partial charge in [0.05, 0.1) is 11.8 Å². The summed E-state index contributed by atoms with van der Waals surface area (Å²) >= 11 is 5.09. The molecule has 1 aliphatic rings. The van der Waals surface area contributed by atoms with E-state index < -0.39 is 22.6 Å². The van der Waals surface area contributed by atoms with Crippen LogP contribution in [0.5, 0.6) is 0 Å². The van der Waals surface area contributed by atoms with Gasteiger partial charge >= 0.3 is 5.88 Å².